The number of nitrogens with two attached hydrogens (primary N) is 1. The van der Waals surface area contributed by atoms with E-state index in [0.29, 0.717) is 13.7 Å². The zero-order valence-electron chi connectivity index (χ0n) is 6.40. The molecule has 0 unspecified atom stereocenters. The highest BCUT2D eigenvalue weighted by Gasteiger charge is 2.18. The van der Waals surface area contributed by atoms with E-state index in [2.05, 4.69) is 20.9 Å². The fourth-order valence-electron chi connectivity index (χ4n) is 0.863. The van der Waals surface area contributed by atoms with Gasteiger partial charge >= 0.3 is 0 Å². The van der Waals surface area contributed by atoms with Crippen LogP contribution in [0.25, 0.3) is 0 Å². The van der Waals surface area contributed by atoms with Crippen LogP contribution >= 0.6 is 38.5 Å². The lowest BCUT2D eigenvalue weighted by atomic mass is 10.2. The third-order valence-corrected chi connectivity index (χ3v) is 3.24. The third-order valence-electron chi connectivity index (χ3n) is 1.49. The number of hydrogen-bond acceptors (Lipinski definition) is 2. The smallest absolute Gasteiger partial charge is 0.266 e. The summed E-state index contributed by atoms with van der Waals surface area (Å²) in [5, 5.41) is 0. The van der Waals surface area contributed by atoms with E-state index in [1.165, 1.54) is 6.20 Å². The van der Waals surface area contributed by atoms with Gasteiger partial charge in [-0.05, 0) is 38.5 Å². The van der Waals surface area contributed by atoms with Gasteiger partial charge in [-0.1, -0.05) is 0 Å². The van der Waals surface area contributed by atoms with Crippen LogP contribution in [-0.4, -0.2) is 4.98 Å². The van der Waals surface area contributed by atoms with Gasteiger partial charge in [0.25, 0.3) is 6.43 Å². The first kappa shape index (κ1) is 11.3. The Balaban J connectivity index is 3.30. The number of aromatic nitrogens is 1. The summed E-state index contributed by atoms with van der Waals surface area (Å²) < 4.78 is 25.8. The minimum absolute atomic E-state index is 0.0314. The number of alkyl halides is 2. The van der Waals surface area contributed by atoms with Crippen LogP contribution < -0.4 is 5.73 Å². The molecule has 0 atom stereocenters. The van der Waals surface area contributed by atoms with Crippen LogP contribution in [0.2, 0.25) is 0 Å². The summed E-state index contributed by atoms with van der Waals surface area (Å²) >= 11 is 4.89. The molecule has 0 spiro atoms. The molecule has 0 fully saturated rings. The molecule has 0 aliphatic rings. The number of rotatable bonds is 2. The third kappa shape index (κ3) is 2.35. The normalized spacial score (nSPS) is 10.9. The molecule has 0 radical (unpaired) electrons. The van der Waals surface area contributed by atoms with Crippen LogP contribution in [0.1, 0.15) is 17.7 Å². The van der Waals surface area contributed by atoms with Crippen LogP contribution in [0.15, 0.2) is 10.7 Å². The second kappa shape index (κ2) is 4.61. The first-order valence-corrected chi connectivity index (χ1v) is 5.26. The van der Waals surface area contributed by atoms with Crippen molar-refractivity contribution in [2.45, 2.75) is 13.0 Å². The molecule has 1 aromatic rings. The highest BCUT2D eigenvalue weighted by atomic mass is 127. The van der Waals surface area contributed by atoms with Gasteiger partial charge in [0.2, 0.25) is 0 Å². The molecule has 2 N–H and O–H groups in total. The molecular weight excluding hydrogens is 357 g/mol. The fourth-order valence-corrected chi connectivity index (χ4v) is 2.53. The molecule has 6 heteroatoms. The molecule has 1 rings (SSSR count). The van der Waals surface area contributed by atoms with E-state index in [4.69, 9.17) is 5.73 Å². The maximum Gasteiger partial charge on any atom is 0.266 e. The van der Waals surface area contributed by atoms with Crippen molar-refractivity contribution in [1.29, 1.82) is 0 Å². The first-order chi connectivity index (χ1) is 6.07. The second-order valence-corrected chi connectivity index (χ2v) is 4.24. The van der Waals surface area contributed by atoms with E-state index in [1.54, 1.807) is 0 Å². The number of halogens is 4. The van der Waals surface area contributed by atoms with E-state index in [-0.39, 0.29) is 12.1 Å². The van der Waals surface area contributed by atoms with Gasteiger partial charge in [-0.25, -0.2) is 8.78 Å². The molecule has 0 aromatic carbocycles. The highest BCUT2D eigenvalue weighted by Crippen LogP contribution is 2.32. The molecule has 0 bridgehead atoms. The van der Waals surface area contributed by atoms with Crippen LogP contribution in [0, 0.1) is 3.57 Å². The summed E-state index contributed by atoms with van der Waals surface area (Å²) in [6.07, 6.45) is -1.11. The first-order valence-electron chi connectivity index (χ1n) is 3.39. The molecular formula is C7H6BrF2IN2. The van der Waals surface area contributed by atoms with Crippen molar-refractivity contribution in [2.24, 2.45) is 5.73 Å². The number of hydrogen-bond donors (Lipinski definition) is 1. The Kier molecular flexibility index (Phi) is 3.99. The van der Waals surface area contributed by atoms with Gasteiger partial charge in [-0.2, -0.15) is 0 Å². The Morgan fingerprint density at radius 2 is 2.23 bits per heavy atom. The second-order valence-electron chi connectivity index (χ2n) is 2.29. The van der Waals surface area contributed by atoms with Crippen LogP contribution in [0.3, 0.4) is 0 Å². The molecule has 72 valence electrons. The zero-order chi connectivity index (χ0) is 10.0. The van der Waals surface area contributed by atoms with Crippen molar-refractivity contribution < 1.29 is 8.78 Å². The van der Waals surface area contributed by atoms with E-state index in [0.717, 1.165) is 0 Å². The molecule has 1 heterocycles. The molecule has 0 aliphatic carbocycles. The molecule has 0 saturated carbocycles. The van der Waals surface area contributed by atoms with Gasteiger partial charge in [-0.3, -0.25) is 4.98 Å². The fraction of sp³-hybridized carbons (Fsp3) is 0.286. The molecule has 2 nitrogen and oxygen atoms in total. The predicted octanol–water partition coefficient (Wildman–Crippen LogP) is 2.85. The van der Waals surface area contributed by atoms with Crippen molar-refractivity contribution >= 4 is 38.5 Å². The molecule has 13 heavy (non-hydrogen) atoms. The standard InChI is InChI=1S/C7H6BrF2IN2/c8-6-4(1-12)13-2-3(11)5(6)7(9)10/h2,7H,1,12H2. The van der Waals surface area contributed by atoms with Gasteiger partial charge in [0.15, 0.2) is 0 Å². The summed E-state index contributed by atoms with van der Waals surface area (Å²) in [4.78, 5) is 3.93. The van der Waals surface area contributed by atoms with Crippen LogP contribution in [0.4, 0.5) is 8.78 Å². The minimum atomic E-state index is -2.51. The molecule has 0 saturated heterocycles. The molecule has 0 amide bonds. The monoisotopic (exact) mass is 362 g/mol. The zero-order valence-corrected chi connectivity index (χ0v) is 10.1. The number of nitrogens with zero attached hydrogens (tertiary/aromatic N) is 1. The number of pyridine rings is 1. The summed E-state index contributed by atoms with van der Waals surface area (Å²) in [7, 11) is 0. The Hall–Kier alpha value is 0.180. The van der Waals surface area contributed by atoms with Gasteiger partial charge in [0.05, 0.1) is 10.2 Å². The Bertz CT molecular complexity index is 320. The summed E-state index contributed by atoms with van der Waals surface area (Å²) in [5.41, 5.74) is 5.75. The lowest BCUT2D eigenvalue weighted by Crippen LogP contribution is -2.04. The molecule has 1 aromatic heterocycles. The van der Waals surface area contributed by atoms with Crippen molar-refractivity contribution in [1.82, 2.24) is 4.98 Å². The lowest BCUT2D eigenvalue weighted by Gasteiger charge is -2.08. The van der Waals surface area contributed by atoms with E-state index >= 15 is 0 Å². The summed E-state index contributed by atoms with van der Waals surface area (Å²) in [6, 6.07) is 0. The molecule has 0 aliphatic heterocycles. The van der Waals surface area contributed by atoms with Crippen molar-refractivity contribution in [3.05, 3.63) is 25.5 Å². The van der Waals surface area contributed by atoms with Crippen molar-refractivity contribution in [2.75, 3.05) is 0 Å². The quantitative estimate of drug-likeness (QED) is 0.821. The highest BCUT2D eigenvalue weighted by molar-refractivity contribution is 14.1. The van der Waals surface area contributed by atoms with Gasteiger partial charge in [0, 0.05) is 21.9 Å². The maximum absolute atomic E-state index is 12.5. The summed E-state index contributed by atoms with van der Waals surface area (Å²) in [6.45, 7) is 0.150. The lowest BCUT2D eigenvalue weighted by molar-refractivity contribution is 0.149. The van der Waals surface area contributed by atoms with Gasteiger partial charge in [-0.15, -0.1) is 0 Å². The van der Waals surface area contributed by atoms with Crippen molar-refractivity contribution in [3.8, 4) is 0 Å². The topological polar surface area (TPSA) is 38.9 Å². The summed E-state index contributed by atoms with van der Waals surface area (Å²) in [5.74, 6) is 0. The van der Waals surface area contributed by atoms with Crippen LogP contribution in [-0.2, 0) is 6.54 Å². The van der Waals surface area contributed by atoms with Gasteiger partial charge in [0.1, 0.15) is 0 Å². The largest absolute Gasteiger partial charge is 0.325 e. The van der Waals surface area contributed by atoms with E-state index in [9.17, 15) is 8.78 Å². The minimum Gasteiger partial charge on any atom is -0.325 e. The average Bonchev–Trinajstić information content (AvgIpc) is 2.04. The SMILES string of the molecule is NCc1ncc(I)c(C(F)F)c1Br. The Labute approximate surface area is 96.2 Å². The van der Waals surface area contributed by atoms with E-state index in [1.807, 2.05) is 22.6 Å². The Morgan fingerprint density at radius 3 is 2.69 bits per heavy atom. The van der Waals surface area contributed by atoms with E-state index < -0.39 is 6.43 Å². The van der Waals surface area contributed by atoms with Crippen molar-refractivity contribution in [3.63, 3.8) is 0 Å². The van der Waals surface area contributed by atoms with Crippen LogP contribution in [0.5, 0.6) is 0 Å². The predicted molar refractivity (Wildman–Crippen MR) is 57.5 cm³/mol. The Morgan fingerprint density at radius 1 is 1.62 bits per heavy atom. The maximum atomic E-state index is 12.5. The van der Waals surface area contributed by atoms with Gasteiger partial charge < -0.3 is 5.73 Å². The average molecular weight is 363 g/mol.